The van der Waals surface area contributed by atoms with Crippen LogP contribution in [0.15, 0.2) is 48.9 Å². The van der Waals surface area contributed by atoms with Gasteiger partial charge in [0.1, 0.15) is 12.0 Å². The molecular weight excluding hydrogens is 416 g/mol. The van der Waals surface area contributed by atoms with E-state index in [9.17, 15) is 9.59 Å². The van der Waals surface area contributed by atoms with Crippen molar-refractivity contribution in [3.63, 3.8) is 0 Å². The van der Waals surface area contributed by atoms with Gasteiger partial charge in [-0.25, -0.2) is 4.98 Å². The van der Waals surface area contributed by atoms with Gasteiger partial charge in [-0.2, -0.15) is 5.10 Å². The number of likely N-dealkylation sites (tertiary alicyclic amines) is 1. The smallest absolute Gasteiger partial charge is 0.276 e. The van der Waals surface area contributed by atoms with Gasteiger partial charge in [-0.05, 0) is 69.0 Å². The molecule has 2 amide bonds. The number of anilines is 1. The summed E-state index contributed by atoms with van der Waals surface area (Å²) < 4.78 is 1.82. The monoisotopic (exact) mass is 444 g/mol. The van der Waals surface area contributed by atoms with Gasteiger partial charge in [0, 0.05) is 43.1 Å². The van der Waals surface area contributed by atoms with Crippen molar-refractivity contribution < 1.29 is 9.59 Å². The first-order chi connectivity index (χ1) is 16.0. The molecule has 1 fully saturated rings. The maximum absolute atomic E-state index is 13.3. The Hall–Kier alpha value is -3.55. The van der Waals surface area contributed by atoms with Crippen LogP contribution < -0.4 is 4.90 Å². The zero-order chi connectivity index (χ0) is 22.9. The van der Waals surface area contributed by atoms with Crippen molar-refractivity contribution in [3.8, 4) is 0 Å². The van der Waals surface area contributed by atoms with E-state index in [0.29, 0.717) is 23.6 Å². The number of hydrogen-bond acceptors (Lipinski definition) is 5. The van der Waals surface area contributed by atoms with Gasteiger partial charge in [-0.1, -0.05) is 6.07 Å². The van der Waals surface area contributed by atoms with E-state index in [-0.39, 0.29) is 23.8 Å². The number of carbonyl (C=O) groups is 2. The predicted molar refractivity (Wildman–Crippen MR) is 124 cm³/mol. The van der Waals surface area contributed by atoms with E-state index in [1.54, 1.807) is 35.6 Å². The molecule has 1 saturated heterocycles. The minimum absolute atomic E-state index is 0.0476. The molecule has 0 N–H and O–H groups in total. The number of pyridine rings is 1. The van der Waals surface area contributed by atoms with E-state index < -0.39 is 0 Å². The van der Waals surface area contributed by atoms with Gasteiger partial charge in [0.2, 0.25) is 0 Å². The van der Waals surface area contributed by atoms with Crippen LogP contribution in [0.3, 0.4) is 0 Å². The Morgan fingerprint density at radius 1 is 1.00 bits per heavy atom. The zero-order valence-corrected chi connectivity index (χ0v) is 19.0. The largest absolute Gasteiger partial charge is 0.339 e. The van der Waals surface area contributed by atoms with E-state index in [2.05, 4.69) is 15.1 Å². The Balaban J connectivity index is 1.53. The molecule has 1 atom stereocenters. The van der Waals surface area contributed by atoms with Gasteiger partial charge < -0.3 is 9.80 Å². The van der Waals surface area contributed by atoms with Gasteiger partial charge in [-0.15, -0.1) is 0 Å². The van der Waals surface area contributed by atoms with E-state index >= 15 is 0 Å². The molecule has 8 nitrogen and oxygen atoms in total. The summed E-state index contributed by atoms with van der Waals surface area (Å²) >= 11 is 0. The fourth-order valence-corrected chi connectivity index (χ4v) is 4.61. The molecule has 3 aromatic rings. The number of carbonyl (C=O) groups excluding carboxylic acids is 2. The minimum atomic E-state index is -0.207. The van der Waals surface area contributed by atoms with Gasteiger partial charge in [0.25, 0.3) is 11.8 Å². The quantitative estimate of drug-likeness (QED) is 0.613. The Morgan fingerprint density at radius 2 is 1.82 bits per heavy atom. The highest BCUT2D eigenvalue weighted by molar-refractivity contribution is 6.07. The maximum Gasteiger partial charge on any atom is 0.276 e. The minimum Gasteiger partial charge on any atom is -0.339 e. The summed E-state index contributed by atoms with van der Waals surface area (Å²) in [6, 6.07) is 11.1. The summed E-state index contributed by atoms with van der Waals surface area (Å²) in [7, 11) is 0. The van der Waals surface area contributed by atoms with Crippen LogP contribution in [0.25, 0.3) is 0 Å². The molecule has 4 heterocycles. The van der Waals surface area contributed by atoms with Crippen LogP contribution in [0.2, 0.25) is 0 Å². The zero-order valence-electron chi connectivity index (χ0n) is 19.0. The van der Waals surface area contributed by atoms with Crippen LogP contribution in [0.1, 0.15) is 77.3 Å². The molecule has 5 rings (SSSR count). The van der Waals surface area contributed by atoms with E-state index in [4.69, 9.17) is 0 Å². The van der Waals surface area contributed by atoms with Gasteiger partial charge in [-0.3, -0.25) is 19.3 Å². The van der Waals surface area contributed by atoms with Crippen LogP contribution in [0.5, 0.6) is 0 Å². The molecule has 1 aromatic carbocycles. The molecule has 2 aromatic heterocycles. The Bertz CT molecular complexity index is 1170. The Morgan fingerprint density at radius 3 is 2.52 bits per heavy atom. The molecule has 33 heavy (non-hydrogen) atoms. The predicted octanol–water partition coefficient (Wildman–Crippen LogP) is 3.67. The van der Waals surface area contributed by atoms with Crippen molar-refractivity contribution in [3.05, 3.63) is 71.6 Å². The highest BCUT2D eigenvalue weighted by atomic mass is 16.2. The lowest BCUT2D eigenvalue weighted by molar-refractivity contribution is 0.0724. The summed E-state index contributed by atoms with van der Waals surface area (Å²) in [4.78, 5) is 38.9. The molecule has 0 bridgehead atoms. The molecule has 0 aliphatic carbocycles. The summed E-state index contributed by atoms with van der Waals surface area (Å²) in [5.74, 6) is 0.329. The van der Waals surface area contributed by atoms with Crippen molar-refractivity contribution in [2.24, 2.45) is 0 Å². The lowest BCUT2D eigenvalue weighted by Crippen LogP contribution is -2.35. The number of amides is 2. The molecule has 8 heteroatoms. The van der Waals surface area contributed by atoms with Crippen molar-refractivity contribution >= 4 is 17.5 Å². The third-order valence-electron chi connectivity index (χ3n) is 6.45. The first-order valence-corrected chi connectivity index (χ1v) is 11.6. The standard InChI is InChI=1S/C25H28N6O2/c1-17(2)31-16-27-23(28-31)20-15-30(25(33)21-8-4-5-11-26-21)22-10-9-18(14-19(20)22)24(32)29-12-6-3-7-13-29/h4-5,8-11,14,16-17,20H,3,6-7,12-13,15H2,1-2H3. The van der Waals surface area contributed by atoms with Crippen molar-refractivity contribution in [1.29, 1.82) is 0 Å². The lowest BCUT2D eigenvalue weighted by atomic mass is 9.97. The topological polar surface area (TPSA) is 84.2 Å². The number of aromatic nitrogens is 4. The second-order valence-electron chi connectivity index (χ2n) is 8.99. The average molecular weight is 445 g/mol. The lowest BCUT2D eigenvalue weighted by Gasteiger charge is -2.27. The van der Waals surface area contributed by atoms with Crippen LogP contribution in [-0.4, -0.2) is 56.1 Å². The fraction of sp³-hybridized carbons (Fsp3) is 0.400. The third-order valence-corrected chi connectivity index (χ3v) is 6.45. The average Bonchev–Trinajstić information content (AvgIpc) is 3.49. The highest BCUT2D eigenvalue weighted by Crippen LogP contribution is 2.40. The number of fused-ring (bicyclic) bond motifs is 1. The van der Waals surface area contributed by atoms with E-state index in [1.165, 1.54) is 6.42 Å². The summed E-state index contributed by atoms with van der Waals surface area (Å²) in [6.07, 6.45) is 6.61. The van der Waals surface area contributed by atoms with Gasteiger partial charge >= 0.3 is 0 Å². The molecule has 170 valence electrons. The van der Waals surface area contributed by atoms with Crippen LogP contribution >= 0.6 is 0 Å². The Kier molecular flexibility index (Phi) is 5.66. The van der Waals surface area contributed by atoms with Gasteiger partial charge in [0.05, 0.1) is 5.92 Å². The summed E-state index contributed by atoms with van der Waals surface area (Å²) in [6.45, 7) is 6.10. The first-order valence-electron chi connectivity index (χ1n) is 11.6. The molecule has 1 unspecified atom stereocenters. The fourth-order valence-electron chi connectivity index (χ4n) is 4.61. The van der Waals surface area contributed by atoms with Crippen molar-refractivity contribution in [1.82, 2.24) is 24.6 Å². The second kappa shape index (κ2) is 8.77. The molecule has 0 spiro atoms. The third kappa shape index (κ3) is 4.01. The first kappa shape index (κ1) is 21.3. The molecule has 2 aliphatic rings. The van der Waals surface area contributed by atoms with Crippen LogP contribution in [-0.2, 0) is 0 Å². The maximum atomic E-state index is 13.3. The van der Waals surface area contributed by atoms with Gasteiger partial charge in [0.15, 0.2) is 5.82 Å². The Labute approximate surface area is 193 Å². The number of benzene rings is 1. The van der Waals surface area contributed by atoms with Crippen molar-refractivity contribution in [2.45, 2.75) is 45.1 Å². The normalized spacial score (nSPS) is 18.0. The molecule has 0 radical (unpaired) electrons. The summed E-state index contributed by atoms with van der Waals surface area (Å²) in [5.41, 5.74) is 2.73. The number of hydrogen-bond donors (Lipinski definition) is 0. The SMILES string of the molecule is CC(C)n1cnc(C2CN(C(=O)c3ccccn3)c3ccc(C(=O)N4CCCCC4)cc32)n1. The molecular formula is C25H28N6O2. The van der Waals surface area contributed by atoms with E-state index in [0.717, 1.165) is 37.2 Å². The number of nitrogens with zero attached hydrogens (tertiary/aromatic N) is 6. The van der Waals surface area contributed by atoms with Crippen LogP contribution in [0, 0.1) is 0 Å². The number of rotatable bonds is 4. The van der Waals surface area contributed by atoms with Crippen molar-refractivity contribution in [2.75, 3.05) is 24.5 Å². The van der Waals surface area contributed by atoms with Crippen LogP contribution in [0.4, 0.5) is 5.69 Å². The molecule has 2 aliphatic heterocycles. The number of piperidine rings is 1. The summed E-state index contributed by atoms with van der Waals surface area (Å²) in [5, 5.41) is 4.68. The highest BCUT2D eigenvalue weighted by Gasteiger charge is 2.37. The molecule has 0 saturated carbocycles. The van der Waals surface area contributed by atoms with E-state index in [1.807, 2.05) is 41.6 Å². The second-order valence-corrected chi connectivity index (χ2v) is 8.99.